The smallest absolute Gasteiger partial charge is 0.272 e. The number of aliphatic hydroxyl groups is 1. The number of likely N-dealkylation sites (tertiary alicyclic amines) is 1. The number of aromatic nitrogens is 1. The molecule has 5 heteroatoms. The number of rotatable bonds is 2. The Kier molecular flexibility index (Phi) is 3.75. The average molecular weight is 285 g/mol. The summed E-state index contributed by atoms with van der Waals surface area (Å²) in [5.74, 6) is -0.147. The van der Waals surface area contributed by atoms with Crippen LogP contribution in [0.3, 0.4) is 0 Å². The van der Waals surface area contributed by atoms with Crippen molar-refractivity contribution in [2.45, 2.75) is 25.3 Å². The average Bonchev–Trinajstić information content (AvgIpc) is 2.54. The van der Waals surface area contributed by atoms with Gasteiger partial charge in [0.1, 0.15) is 5.69 Å². The van der Waals surface area contributed by atoms with Crippen molar-refractivity contribution in [1.29, 1.82) is 0 Å². The molecule has 1 aromatic carbocycles. The summed E-state index contributed by atoms with van der Waals surface area (Å²) in [5, 5.41) is 10.3. The quantitative estimate of drug-likeness (QED) is 0.882. The van der Waals surface area contributed by atoms with Crippen LogP contribution in [0.25, 0.3) is 10.9 Å². The van der Waals surface area contributed by atoms with E-state index in [2.05, 4.69) is 4.98 Å². The number of pyridine rings is 1. The Morgan fingerprint density at radius 1 is 1.38 bits per heavy atom. The number of benzene rings is 1. The highest BCUT2D eigenvalue weighted by molar-refractivity contribution is 5.99. The van der Waals surface area contributed by atoms with Gasteiger partial charge in [-0.25, -0.2) is 4.98 Å². The predicted octanol–water partition coefficient (Wildman–Crippen LogP) is 1.80. The maximum absolute atomic E-state index is 12.7. The number of hydrogen-bond donors (Lipinski definition) is 2. The summed E-state index contributed by atoms with van der Waals surface area (Å²) in [5.41, 5.74) is 7.66. The summed E-state index contributed by atoms with van der Waals surface area (Å²) in [4.78, 5) is 18.8. The van der Waals surface area contributed by atoms with Crippen LogP contribution in [0.4, 0.5) is 5.69 Å². The number of piperidine rings is 1. The van der Waals surface area contributed by atoms with E-state index in [0.717, 1.165) is 30.2 Å². The van der Waals surface area contributed by atoms with E-state index in [1.807, 2.05) is 24.3 Å². The first kappa shape index (κ1) is 13.8. The van der Waals surface area contributed by atoms with E-state index in [0.29, 0.717) is 17.9 Å². The van der Waals surface area contributed by atoms with Gasteiger partial charge in [-0.3, -0.25) is 4.79 Å². The van der Waals surface area contributed by atoms with Crippen molar-refractivity contribution in [1.82, 2.24) is 9.88 Å². The van der Waals surface area contributed by atoms with Crippen LogP contribution < -0.4 is 5.73 Å². The number of anilines is 1. The predicted molar refractivity (Wildman–Crippen MR) is 81.9 cm³/mol. The van der Waals surface area contributed by atoms with Crippen LogP contribution in [0.15, 0.2) is 30.3 Å². The lowest BCUT2D eigenvalue weighted by atomic mass is 10.0. The van der Waals surface area contributed by atoms with E-state index < -0.39 is 0 Å². The molecule has 1 atom stereocenters. The first-order valence-electron chi connectivity index (χ1n) is 7.28. The first-order valence-corrected chi connectivity index (χ1v) is 7.28. The van der Waals surface area contributed by atoms with Crippen LogP contribution in [-0.4, -0.2) is 40.1 Å². The Morgan fingerprint density at radius 2 is 2.19 bits per heavy atom. The second-order valence-electron chi connectivity index (χ2n) is 5.44. The van der Waals surface area contributed by atoms with E-state index >= 15 is 0 Å². The van der Waals surface area contributed by atoms with Gasteiger partial charge in [0, 0.05) is 17.6 Å². The first-order chi connectivity index (χ1) is 10.2. The van der Waals surface area contributed by atoms with E-state index in [1.54, 1.807) is 11.0 Å². The molecule has 0 saturated carbocycles. The molecule has 110 valence electrons. The summed E-state index contributed by atoms with van der Waals surface area (Å²) < 4.78 is 0. The highest BCUT2D eigenvalue weighted by atomic mass is 16.3. The molecule has 1 unspecified atom stereocenters. The van der Waals surface area contributed by atoms with Gasteiger partial charge in [0.2, 0.25) is 0 Å². The lowest BCUT2D eigenvalue weighted by Gasteiger charge is -2.34. The molecule has 21 heavy (non-hydrogen) atoms. The van der Waals surface area contributed by atoms with E-state index in [-0.39, 0.29) is 18.6 Å². The molecule has 2 heterocycles. The minimum Gasteiger partial charge on any atom is -0.398 e. The lowest BCUT2D eigenvalue weighted by molar-refractivity contribution is 0.0498. The van der Waals surface area contributed by atoms with Crippen LogP contribution in [-0.2, 0) is 0 Å². The summed E-state index contributed by atoms with van der Waals surface area (Å²) in [6, 6.07) is 9.04. The van der Waals surface area contributed by atoms with Crippen LogP contribution in [0.5, 0.6) is 0 Å². The largest absolute Gasteiger partial charge is 0.398 e. The minimum atomic E-state index is -0.147. The summed E-state index contributed by atoms with van der Waals surface area (Å²) in [7, 11) is 0. The third-order valence-corrected chi connectivity index (χ3v) is 4.07. The highest BCUT2D eigenvalue weighted by Gasteiger charge is 2.28. The van der Waals surface area contributed by atoms with Gasteiger partial charge in [-0.15, -0.1) is 0 Å². The minimum absolute atomic E-state index is 0.00516. The van der Waals surface area contributed by atoms with Gasteiger partial charge in [-0.1, -0.05) is 18.2 Å². The van der Waals surface area contributed by atoms with Crippen LogP contribution in [0.2, 0.25) is 0 Å². The Hall–Kier alpha value is -2.14. The second-order valence-corrected chi connectivity index (χ2v) is 5.44. The monoisotopic (exact) mass is 285 g/mol. The molecule has 1 aromatic heterocycles. The van der Waals surface area contributed by atoms with Crippen molar-refractivity contribution in [3.63, 3.8) is 0 Å². The number of carbonyl (C=O) groups is 1. The van der Waals surface area contributed by atoms with E-state index in [9.17, 15) is 9.90 Å². The number of aliphatic hydroxyl groups excluding tert-OH is 1. The second kappa shape index (κ2) is 5.69. The van der Waals surface area contributed by atoms with Gasteiger partial charge in [0.05, 0.1) is 18.2 Å². The Balaban J connectivity index is 1.97. The zero-order valence-corrected chi connectivity index (χ0v) is 11.8. The third kappa shape index (κ3) is 2.56. The number of nitrogens with zero attached hydrogens (tertiary/aromatic N) is 2. The standard InChI is InChI=1S/C16H19N3O2/c17-13-9-15(18-14-7-2-1-6-12(13)14)16(21)19-8-4-3-5-11(19)10-20/h1-2,6-7,9,11,20H,3-5,8,10H2,(H2,17,18). The molecule has 0 radical (unpaired) electrons. The molecule has 0 spiro atoms. The van der Waals surface area contributed by atoms with Crippen molar-refractivity contribution < 1.29 is 9.90 Å². The molecule has 1 aliphatic heterocycles. The fourth-order valence-corrected chi connectivity index (χ4v) is 2.92. The highest BCUT2D eigenvalue weighted by Crippen LogP contribution is 2.23. The number of amides is 1. The summed E-state index contributed by atoms with van der Waals surface area (Å²) in [6.45, 7) is 0.660. The Labute approximate surface area is 123 Å². The van der Waals surface area contributed by atoms with Crippen molar-refractivity contribution in [2.24, 2.45) is 0 Å². The topological polar surface area (TPSA) is 79.5 Å². The van der Waals surface area contributed by atoms with E-state index in [1.165, 1.54) is 0 Å². The van der Waals surface area contributed by atoms with Gasteiger partial charge < -0.3 is 15.7 Å². The normalized spacial score (nSPS) is 18.9. The van der Waals surface area contributed by atoms with Crippen molar-refractivity contribution in [3.05, 3.63) is 36.0 Å². The third-order valence-electron chi connectivity index (χ3n) is 4.07. The summed E-state index contributed by atoms with van der Waals surface area (Å²) >= 11 is 0. The Bertz CT molecular complexity index is 672. The van der Waals surface area contributed by atoms with Crippen LogP contribution in [0.1, 0.15) is 29.8 Å². The molecule has 3 rings (SSSR count). The number of para-hydroxylation sites is 1. The van der Waals surface area contributed by atoms with Gasteiger partial charge in [-0.05, 0) is 31.4 Å². The maximum atomic E-state index is 12.7. The number of hydrogen-bond acceptors (Lipinski definition) is 4. The fourth-order valence-electron chi connectivity index (χ4n) is 2.92. The fraction of sp³-hybridized carbons (Fsp3) is 0.375. The molecule has 1 fully saturated rings. The molecule has 1 saturated heterocycles. The molecule has 0 aliphatic carbocycles. The summed E-state index contributed by atoms with van der Waals surface area (Å²) in [6.07, 6.45) is 2.85. The molecule has 1 aliphatic rings. The number of carbonyl (C=O) groups excluding carboxylic acids is 1. The SMILES string of the molecule is Nc1cc(C(=O)N2CCCCC2CO)nc2ccccc12. The molecule has 3 N–H and O–H groups in total. The maximum Gasteiger partial charge on any atom is 0.272 e. The van der Waals surface area contributed by atoms with E-state index in [4.69, 9.17) is 5.73 Å². The van der Waals surface area contributed by atoms with Gasteiger partial charge in [-0.2, -0.15) is 0 Å². The van der Waals surface area contributed by atoms with Crippen LogP contribution >= 0.6 is 0 Å². The molecule has 1 amide bonds. The van der Waals surface area contributed by atoms with Crippen molar-refractivity contribution in [3.8, 4) is 0 Å². The van der Waals surface area contributed by atoms with Crippen LogP contribution in [0, 0.1) is 0 Å². The lowest BCUT2D eigenvalue weighted by Crippen LogP contribution is -2.45. The molecule has 2 aromatic rings. The van der Waals surface area contributed by atoms with Gasteiger partial charge in [0.25, 0.3) is 5.91 Å². The molecular weight excluding hydrogens is 266 g/mol. The van der Waals surface area contributed by atoms with Crippen molar-refractivity contribution >= 4 is 22.5 Å². The van der Waals surface area contributed by atoms with Gasteiger partial charge in [0.15, 0.2) is 0 Å². The zero-order chi connectivity index (χ0) is 14.8. The number of fused-ring (bicyclic) bond motifs is 1. The van der Waals surface area contributed by atoms with Crippen molar-refractivity contribution in [2.75, 3.05) is 18.9 Å². The number of nitrogen functional groups attached to an aromatic ring is 1. The number of nitrogens with two attached hydrogens (primary N) is 1. The molecule has 5 nitrogen and oxygen atoms in total. The Morgan fingerprint density at radius 3 is 3.00 bits per heavy atom. The van der Waals surface area contributed by atoms with Gasteiger partial charge >= 0.3 is 0 Å². The zero-order valence-electron chi connectivity index (χ0n) is 11.8. The molecular formula is C16H19N3O2. The molecule has 0 bridgehead atoms.